The van der Waals surface area contributed by atoms with E-state index in [1.165, 1.54) is 0 Å². The van der Waals surface area contributed by atoms with Crippen molar-refractivity contribution in [2.45, 2.75) is 6.54 Å². The molecule has 6 nitrogen and oxygen atoms in total. The number of hydrogen-bond donors (Lipinski definition) is 0. The second-order valence-electron chi connectivity index (χ2n) is 7.17. The summed E-state index contributed by atoms with van der Waals surface area (Å²) in [5.74, 6) is 0.140. The molecule has 2 aromatic heterocycles. The highest BCUT2D eigenvalue weighted by molar-refractivity contribution is 6.07. The first kappa shape index (κ1) is 16.2. The van der Waals surface area contributed by atoms with E-state index in [-0.39, 0.29) is 5.91 Å². The normalized spacial score (nSPS) is 15.8. The Morgan fingerprint density at radius 1 is 0.926 bits per heavy atom. The maximum atomic E-state index is 13.0. The van der Waals surface area contributed by atoms with Crippen molar-refractivity contribution in [1.29, 1.82) is 0 Å². The zero-order valence-electron chi connectivity index (χ0n) is 15.3. The highest BCUT2D eigenvalue weighted by atomic mass is 16.2. The SMILES string of the molecule is CN1CCN(C(=O)Cn2c3ccccc3c3nc4ccccc4nc32)CC1. The van der Waals surface area contributed by atoms with E-state index in [1.807, 2.05) is 51.9 Å². The fourth-order valence-corrected chi connectivity index (χ4v) is 3.83. The lowest BCUT2D eigenvalue weighted by molar-refractivity contribution is -0.133. The van der Waals surface area contributed by atoms with Crippen LogP contribution in [0.15, 0.2) is 48.5 Å². The van der Waals surface area contributed by atoms with Gasteiger partial charge in [0.05, 0.1) is 16.6 Å². The Bertz CT molecular complexity index is 1160. The minimum Gasteiger partial charge on any atom is -0.339 e. The molecule has 136 valence electrons. The number of para-hydroxylation sites is 3. The predicted octanol–water partition coefficient (Wildman–Crippen LogP) is 2.51. The Morgan fingerprint density at radius 3 is 2.37 bits per heavy atom. The van der Waals surface area contributed by atoms with E-state index in [2.05, 4.69) is 18.0 Å². The molecule has 0 saturated carbocycles. The van der Waals surface area contributed by atoms with Crippen molar-refractivity contribution in [3.05, 3.63) is 48.5 Å². The van der Waals surface area contributed by atoms with Gasteiger partial charge >= 0.3 is 0 Å². The van der Waals surface area contributed by atoms with Crippen molar-refractivity contribution in [3.8, 4) is 0 Å². The standard InChI is InChI=1S/C21H21N5O/c1-24-10-12-25(13-11-24)19(27)14-26-18-9-5-2-6-15(18)20-21(26)23-17-8-4-3-7-16(17)22-20/h2-9H,10-14H2,1H3. The lowest BCUT2D eigenvalue weighted by atomic mass is 10.2. The van der Waals surface area contributed by atoms with Gasteiger partial charge in [-0.05, 0) is 25.2 Å². The highest BCUT2D eigenvalue weighted by Crippen LogP contribution is 2.28. The van der Waals surface area contributed by atoms with Crippen LogP contribution in [0.5, 0.6) is 0 Å². The number of amides is 1. The van der Waals surface area contributed by atoms with Gasteiger partial charge in [-0.15, -0.1) is 0 Å². The molecule has 1 saturated heterocycles. The Balaban J connectivity index is 1.63. The summed E-state index contributed by atoms with van der Waals surface area (Å²) in [6.07, 6.45) is 0. The summed E-state index contributed by atoms with van der Waals surface area (Å²) in [6.45, 7) is 3.69. The van der Waals surface area contributed by atoms with Crippen LogP contribution in [0.3, 0.4) is 0 Å². The van der Waals surface area contributed by atoms with Crippen molar-refractivity contribution in [2.75, 3.05) is 33.2 Å². The lowest BCUT2D eigenvalue weighted by Gasteiger charge is -2.32. The van der Waals surface area contributed by atoms with Crippen LogP contribution in [0, 0.1) is 0 Å². The number of likely N-dealkylation sites (N-methyl/N-ethyl adjacent to an activating group) is 1. The van der Waals surface area contributed by atoms with Gasteiger partial charge in [0, 0.05) is 31.6 Å². The average Bonchev–Trinajstić information content (AvgIpc) is 3.00. The molecule has 1 aliphatic rings. The van der Waals surface area contributed by atoms with Gasteiger partial charge in [0.15, 0.2) is 5.65 Å². The predicted molar refractivity (Wildman–Crippen MR) is 107 cm³/mol. The second-order valence-corrected chi connectivity index (χ2v) is 7.17. The molecule has 4 aromatic rings. The van der Waals surface area contributed by atoms with Crippen LogP contribution in [0.25, 0.3) is 33.1 Å². The van der Waals surface area contributed by atoms with Gasteiger partial charge in [-0.1, -0.05) is 30.3 Å². The summed E-state index contributed by atoms with van der Waals surface area (Å²) in [6, 6.07) is 16.0. The molecule has 0 spiro atoms. The van der Waals surface area contributed by atoms with Gasteiger partial charge in [-0.3, -0.25) is 4.79 Å². The molecule has 0 bridgehead atoms. The first-order chi connectivity index (χ1) is 13.2. The molecule has 6 heteroatoms. The largest absolute Gasteiger partial charge is 0.339 e. The fraction of sp³-hybridized carbons (Fsp3) is 0.286. The van der Waals surface area contributed by atoms with Crippen LogP contribution >= 0.6 is 0 Å². The summed E-state index contributed by atoms with van der Waals surface area (Å²) in [4.78, 5) is 26.9. The van der Waals surface area contributed by atoms with Gasteiger partial charge in [-0.2, -0.15) is 0 Å². The van der Waals surface area contributed by atoms with E-state index in [1.54, 1.807) is 0 Å². The van der Waals surface area contributed by atoms with Crippen molar-refractivity contribution in [3.63, 3.8) is 0 Å². The molecule has 0 N–H and O–H groups in total. The number of piperazine rings is 1. The molecular formula is C21H21N5O. The van der Waals surface area contributed by atoms with Crippen molar-refractivity contribution in [1.82, 2.24) is 24.3 Å². The summed E-state index contributed by atoms with van der Waals surface area (Å²) in [7, 11) is 2.09. The van der Waals surface area contributed by atoms with Crippen LogP contribution in [-0.2, 0) is 11.3 Å². The van der Waals surface area contributed by atoms with E-state index < -0.39 is 0 Å². The van der Waals surface area contributed by atoms with Crippen molar-refractivity contribution < 1.29 is 4.79 Å². The zero-order valence-corrected chi connectivity index (χ0v) is 15.3. The monoisotopic (exact) mass is 359 g/mol. The lowest BCUT2D eigenvalue weighted by Crippen LogP contribution is -2.48. The number of nitrogens with zero attached hydrogens (tertiary/aromatic N) is 5. The molecule has 27 heavy (non-hydrogen) atoms. The van der Waals surface area contributed by atoms with Gasteiger partial charge in [0.25, 0.3) is 0 Å². The zero-order chi connectivity index (χ0) is 18.4. The molecule has 0 aliphatic carbocycles. The number of hydrogen-bond acceptors (Lipinski definition) is 4. The number of carbonyl (C=O) groups excluding carboxylic acids is 1. The molecule has 1 aliphatic heterocycles. The Kier molecular flexibility index (Phi) is 3.79. The maximum absolute atomic E-state index is 13.0. The van der Waals surface area contributed by atoms with E-state index in [9.17, 15) is 4.79 Å². The fourth-order valence-electron chi connectivity index (χ4n) is 3.83. The Labute approximate surface area is 157 Å². The first-order valence-electron chi connectivity index (χ1n) is 9.31. The van der Waals surface area contributed by atoms with E-state index >= 15 is 0 Å². The molecule has 5 rings (SSSR count). The van der Waals surface area contributed by atoms with Gasteiger partial charge in [-0.25, -0.2) is 9.97 Å². The summed E-state index contributed by atoms with van der Waals surface area (Å²) >= 11 is 0. The molecule has 3 heterocycles. The van der Waals surface area contributed by atoms with E-state index in [0.29, 0.717) is 6.54 Å². The van der Waals surface area contributed by atoms with Crippen LogP contribution in [0.2, 0.25) is 0 Å². The van der Waals surface area contributed by atoms with Gasteiger partial charge in [0.1, 0.15) is 12.1 Å². The van der Waals surface area contributed by atoms with Gasteiger partial charge < -0.3 is 14.4 Å². The van der Waals surface area contributed by atoms with Crippen molar-refractivity contribution >= 4 is 39.0 Å². The average molecular weight is 359 g/mol. The number of benzene rings is 2. The topological polar surface area (TPSA) is 54.3 Å². The van der Waals surface area contributed by atoms with Crippen LogP contribution in [0.4, 0.5) is 0 Å². The van der Waals surface area contributed by atoms with Gasteiger partial charge in [0.2, 0.25) is 5.91 Å². The Hall–Kier alpha value is -2.99. The smallest absolute Gasteiger partial charge is 0.242 e. The van der Waals surface area contributed by atoms with Crippen LogP contribution < -0.4 is 0 Å². The molecular weight excluding hydrogens is 338 g/mol. The minimum absolute atomic E-state index is 0.140. The molecule has 0 radical (unpaired) electrons. The van der Waals surface area contributed by atoms with Crippen molar-refractivity contribution in [2.24, 2.45) is 0 Å². The molecule has 0 unspecified atom stereocenters. The summed E-state index contributed by atoms with van der Waals surface area (Å²) in [5, 5.41) is 1.04. The summed E-state index contributed by atoms with van der Waals surface area (Å²) in [5.41, 5.74) is 4.36. The molecule has 1 fully saturated rings. The molecule has 0 atom stereocenters. The molecule has 2 aromatic carbocycles. The number of aromatic nitrogens is 3. The van der Waals surface area contributed by atoms with E-state index in [4.69, 9.17) is 9.97 Å². The molecule has 1 amide bonds. The second kappa shape index (κ2) is 6.32. The number of carbonyl (C=O) groups is 1. The third-order valence-electron chi connectivity index (χ3n) is 5.41. The third kappa shape index (κ3) is 2.73. The number of rotatable bonds is 2. The highest BCUT2D eigenvalue weighted by Gasteiger charge is 2.22. The van der Waals surface area contributed by atoms with E-state index in [0.717, 1.165) is 59.3 Å². The Morgan fingerprint density at radius 2 is 1.59 bits per heavy atom. The van der Waals surface area contributed by atoms with Crippen LogP contribution in [0.1, 0.15) is 0 Å². The first-order valence-corrected chi connectivity index (χ1v) is 9.31. The quantitative estimate of drug-likeness (QED) is 0.552. The maximum Gasteiger partial charge on any atom is 0.242 e. The van der Waals surface area contributed by atoms with Crippen LogP contribution in [-0.4, -0.2) is 63.5 Å². The third-order valence-corrected chi connectivity index (χ3v) is 5.41. The number of fused-ring (bicyclic) bond motifs is 4. The summed E-state index contributed by atoms with van der Waals surface area (Å²) < 4.78 is 2.02. The minimum atomic E-state index is 0.140.